The molecule has 0 aliphatic carbocycles. The number of rotatable bonds is 10. The molecule has 172 valence electrons. The number of nitrogen functional groups attached to an aromatic ring is 1. The second-order valence-corrected chi connectivity index (χ2v) is 8.73. The minimum absolute atomic E-state index is 0.218. The molecule has 6 nitrogen and oxygen atoms in total. The van der Waals surface area contributed by atoms with E-state index in [-0.39, 0.29) is 5.91 Å². The molecule has 6 heteroatoms. The zero-order chi connectivity index (χ0) is 23.2. The van der Waals surface area contributed by atoms with Crippen LogP contribution in [0.4, 0.5) is 5.82 Å². The molecule has 33 heavy (non-hydrogen) atoms. The van der Waals surface area contributed by atoms with Gasteiger partial charge in [-0.05, 0) is 31.0 Å². The third-order valence-electron chi connectivity index (χ3n) is 6.13. The fourth-order valence-electron chi connectivity index (χ4n) is 4.19. The lowest BCUT2D eigenvalue weighted by atomic mass is 10.1. The number of para-hydroxylation sites is 2. The Kier molecular flexibility index (Phi) is 7.23. The molecule has 0 saturated heterocycles. The molecule has 2 heterocycles. The number of carbonyl (C=O) groups is 1. The van der Waals surface area contributed by atoms with Crippen molar-refractivity contribution in [3.05, 3.63) is 65.2 Å². The molecule has 4 aromatic rings. The maximum atomic E-state index is 13.2. The quantitative estimate of drug-likeness (QED) is 0.305. The Morgan fingerprint density at radius 1 is 0.939 bits per heavy atom. The Morgan fingerprint density at radius 3 is 2.33 bits per heavy atom. The van der Waals surface area contributed by atoms with Crippen molar-refractivity contribution in [2.75, 3.05) is 5.73 Å². The molecular formula is C27H33N5O. The summed E-state index contributed by atoms with van der Waals surface area (Å²) in [5.41, 5.74) is 12.0. The highest BCUT2D eigenvalue weighted by atomic mass is 16.1. The van der Waals surface area contributed by atoms with E-state index in [0.29, 0.717) is 29.1 Å². The molecule has 3 N–H and O–H groups in total. The minimum Gasteiger partial charge on any atom is -0.384 e. The zero-order valence-electron chi connectivity index (χ0n) is 19.6. The van der Waals surface area contributed by atoms with Crippen LogP contribution in [0.15, 0.2) is 48.5 Å². The first-order valence-electron chi connectivity index (χ1n) is 12.0. The van der Waals surface area contributed by atoms with Crippen LogP contribution in [0, 0.1) is 6.92 Å². The van der Waals surface area contributed by atoms with Gasteiger partial charge < -0.3 is 15.6 Å². The van der Waals surface area contributed by atoms with Gasteiger partial charge in [0.2, 0.25) is 0 Å². The van der Waals surface area contributed by atoms with Crippen LogP contribution >= 0.6 is 0 Å². The van der Waals surface area contributed by atoms with Crippen molar-refractivity contribution in [3.8, 4) is 0 Å². The SMILES string of the molecule is CCCCCCCCn1c(N)c(C(=O)NCc2ccc(C)cc2)c2nc3ccccc3nc21. The number of nitrogens with one attached hydrogen (secondary N) is 1. The van der Waals surface area contributed by atoms with Crippen molar-refractivity contribution in [3.63, 3.8) is 0 Å². The second-order valence-electron chi connectivity index (χ2n) is 8.73. The number of aromatic nitrogens is 3. The number of nitrogens with two attached hydrogens (primary N) is 1. The first-order chi connectivity index (χ1) is 16.1. The van der Waals surface area contributed by atoms with E-state index >= 15 is 0 Å². The Morgan fingerprint density at radius 2 is 1.61 bits per heavy atom. The smallest absolute Gasteiger partial charge is 0.257 e. The van der Waals surface area contributed by atoms with Gasteiger partial charge in [0, 0.05) is 13.1 Å². The molecule has 4 rings (SSSR count). The molecule has 0 aliphatic rings. The highest BCUT2D eigenvalue weighted by Gasteiger charge is 2.23. The van der Waals surface area contributed by atoms with Crippen LogP contribution in [-0.2, 0) is 13.1 Å². The molecule has 0 saturated carbocycles. The lowest BCUT2D eigenvalue weighted by molar-refractivity contribution is 0.0953. The third kappa shape index (κ3) is 5.16. The molecule has 0 atom stereocenters. The molecule has 2 aromatic heterocycles. The van der Waals surface area contributed by atoms with Gasteiger partial charge in [-0.25, -0.2) is 9.97 Å². The van der Waals surface area contributed by atoms with Gasteiger partial charge in [-0.1, -0.05) is 81.0 Å². The number of carbonyl (C=O) groups excluding carboxylic acids is 1. The van der Waals surface area contributed by atoms with Crippen LogP contribution < -0.4 is 11.1 Å². The Labute approximate surface area is 195 Å². The fraction of sp³-hybridized carbons (Fsp3) is 0.370. The number of benzene rings is 2. The van der Waals surface area contributed by atoms with E-state index in [1.54, 1.807) is 0 Å². The van der Waals surface area contributed by atoms with E-state index in [4.69, 9.17) is 15.7 Å². The lowest BCUT2D eigenvalue weighted by Gasteiger charge is -2.08. The van der Waals surface area contributed by atoms with Gasteiger partial charge >= 0.3 is 0 Å². The summed E-state index contributed by atoms with van der Waals surface area (Å²) in [5.74, 6) is 0.222. The second kappa shape index (κ2) is 10.5. The molecule has 0 bridgehead atoms. The van der Waals surface area contributed by atoms with E-state index in [1.165, 1.54) is 31.2 Å². The predicted molar refractivity (Wildman–Crippen MR) is 135 cm³/mol. The summed E-state index contributed by atoms with van der Waals surface area (Å²) < 4.78 is 1.97. The number of hydrogen-bond acceptors (Lipinski definition) is 4. The maximum Gasteiger partial charge on any atom is 0.257 e. The summed E-state index contributed by atoms with van der Waals surface area (Å²) in [6.45, 7) is 5.43. The van der Waals surface area contributed by atoms with Crippen LogP contribution in [-0.4, -0.2) is 20.4 Å². The molecule has 1 amide bonds. The highest BCUT2D eigenvalue weighted by molar-refractivity contribution is 6.10. The largest absolute Gasteiger partial charge is 0.384 e. The van der Waals surface area contributed by atoms with E-state index in [1.807, 2.05) is 60.0 Å². The van der Waals surface area contributed by atoms with Crippen molar-refractivity contribution >= 4 is 33.9 Å². The molecule has 0 unspecified atom stereocenters. The van der Waals surface area contributed by atoms with Crippen molar-refractivity contribution in [1.82, 2.24) is 19.9 Å². The Bertz CT molecular complexity index is 1240. The number of anilines is 1. The number of nitrogens with zero attached hydrogens (tertiary/aromatic N) is 3. The molecule has 0 radical (unpaired) electrons. The van der Waals surface area contributed by atoms with Gasteiger partial charge in [-0.15, -0.1) is 0 Å². The van der Waals surface area contributed by atoms with Crippen molar-refractivity contribution < 1.29 is 4.79 Å². The number of hydrogen-bond donors (Lipinski definition) is 2. The van der Waals surface area contributed by atoms with Gasteiger partial charge in [0.25, 0.3) is 5.91 Å². The normalized spacial score (nSPS) is 11.3. The summed E-state index contributed by atoms with van der Waals surface area (Å²) >= 11 is 0. The van der Waals surface area contributed by atoms with Gasteiger partial charge in [-0.2, -0.15) is 0 Å². The molecule has 2 aromatic carbocycles. The van der Waals surface area contributed by atoms with Crippen LogP contribution in [0.5, 0.6) is 0 Å². The molecule has 0 fully saturated rings. The summed E-state index contributed by atoms with van der Waals surface area (Å²) in [6, 6.07) is 15.9. The van der Waals surface area contributed by atoms with Crippen LogP contribution in [0.2, 0.25) is 0 Å². The van der Waals surface area contributed by atoms with E-state index in [9.17, 15) is 4.79 Å². The van der Waals surface area contributed by atoms with E-state index in [0.717, 1.165) is 36.0 Å². The fourth-order valence-corrected chi connectivity index (χ4v) is 4.19. The number of aryl methyl sites for hydroxylation is 2. The van der Waals surface area contributed by atoms with Crippen LogP contribution in [0.25, 0.3) is 22.2 Å². The summed E-state index contributed by atoms with van der Waals surface area (Å²) in [6.07, 6.45) is 7.11. The van der Waals surface area contributed by atoms with Gasteiger partial charge in [-0.3, -0.25) is 4.79 Å². The van der Waals surface area contributed by atoms with Gasteiger partial charge in [0.05, 0.1) is 11.0 Å². The molecular weight excluding hydrogens is 410 g/mol. The monoisotopic (exact) mass is 443 g/mol. The van der Waals surface area contributed by atoms with Gasteiger partial charge in [0.15, 0.2) is 5.65 Å². The summed E-state index contributed by atoms with van der Waals surface area (Å²) in [4.78, 5) is 22.9. The van der Waals surface area contributed by atoms with Crippen molar-refractivity contribution in [2.24, 2.45) is 0 Å². The topological polar surface area (TPSA) is 85.8 Å². The average molecular weight is 444 g/mol. The minimum atomic E-state index is -0.218. The molecule has 0 aliphatic heterocycles. The Hall–Kier alpha value is -3.41. The van der Waals surface area contributed by atoms with Crippen molar-refractivity contribution in [2.45, 2.75) is 65.5 Å². The predicted octanol–water partition coefficient (Wildman–Crippen LogP) is 5.77. The number of fused-ring (bicyclic) bond motifs is 2. The third-order valence-corrected chi connectivity index (χ3v) is 6.13. The van der Waals surface area contributed by atoms with Crippen LogP contribution in [0.1, 0.15) is 66.9 Å². The van der Waals surface area contributed by atoms with E-state index in [2.05, 4.69) is 12.2 Å². The maximum absolute atomic E-state index is 13.2. The zero-order valence-corrected chi connectivity index (χ0v) is 19.6. The first kappa shape index (κ1) is 22.8. The average Bonchev–Trinajstić information content (AvgIpc) is 3.09. The summed E-state index contributed by atoms with van der Waals surface area (Å²) in [5, 5.41) is 3.02. The van der Waals surface area contributed by atoms with Crippen molar-refractivity contribution in [1.29, 1.82) is 0 Å². The van der Waals surface area contributed by atoms with Crippen LogP contribution in [0.3, 0.4) is 0 Å². The lowest BCUT2D eigenvalue weighted by Crippen LogP contribution is -2.24. The van der Waals surface area contributed by atoms with Gasteiger partial charge in [0.1, 0.15) is 16.9 Å². The van der Waals surface area contributed by atoms with E-state index < -0.39 is 0 Å². The first-order valence-corrected chi connectivity index (χ1v) is 12.0. The standard InChI is InChI=1S/C27H33N5O/c1-3-4-5-6-7-10-17-32-25(28)23(27(33)29-18-20-15-13-19(2)14-16-20)24-26(32)31-22-12-9-8-11-21(22)30-24/h8-9,11-16H,3-7,10,17-18,28H2,1-2H3,(H,29,33). The number of amides is 1. The number of unbranched alkanes of at least 4 members (excludes halogenated alkanes) is 5. The molecule has 0 spiro atoms. The summed E-state index contributed by atoms with van der Waals surface area (Å²) in [7, 11) is 0. The Balaban J connectivity index is 1.62. The highest BCUT2D eigenvalue weighted by Crippen LogP contribution is 2.28.